The number of benzene rings is 2. The van der Waals surface area contributed by atoms with Crippen molar-refractivity contribution >= 4 is 0 Å². The van der Waals surface area contributed by atoms with Crippen LogP contribution in [0, 0.1) is 5.92 Å². The van der Waals surface area contributed by atoms with Crippen LogP contribution in [0.15, 0.2) is 54.6 Å². The van der Waals surface area contributed by atoms with Crippen molar-refractivity contribution in [2.24, 2.45) is 5.92 Å². The van der Waals surface area contributed by atoms with Crippen LogP contribution < -0.4 is 5.32 Å². The van der Waals surface area contributed by atoms with E-state index in [1.807, 2.05) is 13.1 Å². The first kappa shape index (κ1) is 14.3. The van der Waals surface area contributed by atoms with Crippen LogP contribution in [-0.4, -0.2) is 20.3 Å². The highest BCUT2D eigenvalue weighted by Gasteiger charge is 2.21. The van der Waals surface area contributed by atoms with E-state index in [9.17, 15) is 0 Å². The second-order valence-electron chi connectivity index (χ2n) is 5.81. The monoisotopic (exact) mass is 281 g/mol. The summed E-state index contributed by atoms with van der Waals surface area (Å²) in [6, 6.07) is 19.5. The molecule has 1 aliphatic rings. The van der Waals surface area contributed by atoms with Gasteiger partial charge in [0.05, 0.1) is 12.6 Å². The number of hydrogen-bond donors (Lipinski definition) is 1. The maximum Gasteiger partial charge on any atom is 0.0661 e. The molecule has 2 nitrogen and oxygen atoms in total. The van der Waals surface area contributed by atoms with Gasteiger partial charge >= 0.3 is 0 Å². The Labute approximate surface area is 127 Å². The fourth-order valence-electron chi connectivity index (χ4n) is 2.52. The first-order valence-electron chi connectivity index (χ1n) is 7.77. The highest BCUT2D eigenvalue weighted by atomic mass is 16.5. The summed E-state index contributed by atoms with van der Waals surface area (Å²) in [5.74, 6) is 0.822. The minimum atomic E-state index is 0.272. The predicted molar refractivity (Wildman–Crippen MR) is 87.2 cm³/mol. The summed E-state index contributed by atoms with van der Waals surface area (Å²) in [5, 5.41) is 3.35. The lowest BCUT2D eigenvalue weighted by atomic mass is 10.0. The standard InChI is InChI=1S/C19H23NO/c1-20-19(14-21-13-15-7-8-15)18-11-9-17(10-12-18)16-5-3-2-4-6-16/h2-6,9-12,15,19-20H,7-8,13-14H2,1H3. The SMILES string of the molecule is CNC(COCC1CC1)c1ccc(-c2ccccc2)cc1. The van der Waals surface area contributed by atoms with Crippen LogP contribution in [0.2, 0.25) is 0 Å². The van der Waals surface area contributed by atoms with Gasteiger partial charge in [-0.3, -0.25) is 0 Å². The van der Waals surface area contributed by atoms with Crippen molar-refractivity contribution in [2.45, 2.75) is 18.9 Å². The van der Waals surface area contributed by atoms with Crippen molar-refractivity contribution in [1.29, 1.82) is 0 Å². The van der Waals surface area contributed by atoms with E-state index in [1.165, 1.54) is 29.5 Å². The van der Waals surface area contributed by atoms with Gasteiger partial charge < -0.3 is 10.1 Å². The van der Waals surface area contributed by atoms with E-state index in [1.54, 1.807) is 0 Å². The third-order valence-corrected chi connectivity index (χ3v) is 4.10. The molecule has 2 aromatic rings. The first-order chi connectivity index (χ1) is 10.4. The maximum atomic E-state index is 5.82. The van der Waals surface area contributed by atoms with E-state index in [0.717, 1.165) is 19.1 Å². The minimum absolute atomic E-state index is 0.272. The van der Waals surface area contributed by atoms with E-state index in [4.69, 9.17) is 4.74 Å². The Morgan fingerprint density at radius 2 is 1.67 bits per heavy atom. The van der Waals surface area contributed by atoms with Gasteiger partial charge in [0.25, 0.3) is 0 Å². The molecule has 21 heavy (non-hydrogen) atoms. The Hall–Kier alpha value is -1.64. The highest BCUT2D eigenvalue weighted by molar-refractivity contribution is 5.63. The molecule has 0 amide bonds. The Bertz CT molecular complexity index is 546. The van der Waals surface area contributed by atoms with Crippen molar-refractivity contribution in [3.8, 4) is 11.1 Å². The van der Waals surface area contributed by atoms with Crippen LogP contribution in [0.3, 0.4) is 0 Å². The lowest BCUT2D eigenvalue weighted by Gasteiger charge is -2.17. The first-order valence-corrected chi connectivity index (χ1v) is 7.77. The molecule has 1 N–H and O–H groups in total. The minimum Gasteiger partial charge on any atom is -0.379 e. The summed E-state index contributed by atoms with van der Waals surface area (Å²) in [6.07, 6.45) is 2.69. The van der Waals surface area contributed by atoms with Crippen molar-refractivity contribution in [3.05, 3.63) is 60.2 Å². The fourth-order valence-corrected chi connectivity index (χ4v) is 2.52. The highest BCUT2D eigenvalue weighted by Crippen LogP contribution is 2.29. The number of ether oxygens (including phenoxy) is 1. The molecule has 2 aromatic carbocycles. The average Bonchev–Trinajstić information content (AvgIpc) is 3.37. The van der Waals surface area contributed by atoms with Gasteiger partial charge in [0.1, 0.15) is 0 Å². The van der Waals surface area contributed by atoms with Crippen molar-refractivity contribution in [3.63, 3.8) is 0 Å². The molecule has 0 heterocycles. The Kier molecular flexibility index (Phi) is 4.69. The van der Waals surface area contributed by atoms with Gasteiger partial charge in [0.15, 0.2) is 0 Å². The lowest BCUT2D eigenvalue weighted by Crippen LogP contribution is -2.22. The molecule has 0 bridgehead atoms. The van der Waals surface area contributed by atoms with E-state index in [2.05, 4.69) is 53.8 Å². The van der Waals surface area contributed by atoms with Gasteiger partial charge in [0.2, 0.25) is 0 Å². The average molecular weight is 281 g/mol. The van der Waals surface area contributed by atoms with Crippen molar-refractivity contribution < 1.29 is 4.74 Å². The van der Waals surface area contributed by atoms with Crippen molar-refractivity contribution in [1.82, 2.24) is 5.32 Å². The van der Waals surface area contributed by atoms with Gasteiger partial charge in [-0.25, -0.2) is 0 Å². The molecule has 1 saturated carbocycles. The third kappa shape index (κ3) is 3.93. The largest absolute Gasteiger partial charge is 0.379 e. The molecule has 3 rings (SSSR count). The molecule has 0 spiro atoms. The van der Waals surface area contributed by atoms with E-state index < -0.39 is 0 Å². The van der Waals surface area contributed by atoms with Crippen LogP contribution in [0.5, 0.6) is 0 Å². The fraction of sp³-hybridized carbons (Fsp3) is 0.368. The number of rotatable bonds is 7. The lowest BCUT2D eigenvalue weighted by molar-refractivity contribution is 0.105. The summed E-state index contributed by atoms with van der Waals surface area (Å²) in [5.41, 5.74) is 3.80. The molecule has 1 unspecified atom stereocenters. The van der Waals surface area contributed by atoms with Gasteiger partial charge in [-0.15, -0.1) is 0 Å². The smallest absolute Gasteiger partial charge is 0.0661 e. The molecule has 0 aromatic heterocycles. The van der Waals surface area contributed by atoms with Gasteiger partial charge in [-0.05, 0) is 42.5 Å². The van der Waals surface area contributed by atoms with Gasteiger partial charge in [-0.2, -0.15) is 0 Å². The van der Waals surface area contributed by atoms with E-state index >= 15 is 0 Å². The predicted octanol–water partition coefficient (Wildman–Crippen LogP) is 4.04. The summed E-state index contributed by atoms with van der Waals surface area (Å²) >= 11 is 0. The zero-order valence-electron chi connectivity index (χ0n) is 12.6. The van der Waals surface area contributed by atoms with Crippen molar-refractivity contribution in [2.75, 3.05) is 20.3 Å². The van der Waals surface area contributed by atoms with E-state index in [0.29, 0.717) is 0 Å². The molecule has 2 heteroatoms. The van der Waals surface area contributed by atoms with Crippen LogP contribution in [0.1, 0.15) is 24.4 Å². The summed E-state index contributed by atoms with van der Waals surface area (Å²) < 4.78 is 5.82. The second-order valence-corrected chi connectivity index (χ2v) is 5.81. The molecule has 1 fully saturated rings. The molecule has 0 radical (unpaired) electrons. The van der Waals surface area contributed by atoms with E-state index in [-0.39, 0.29) is 6.04 Å². The van der Waals surface area contributed by atoms with Gasteiger partial charge in [-0.1, -0.05) is 54.6 Å². The number of hydrogen-bond acceptors (Lipinski definition) is 2. The molecule has 110 valence electrons. The summed E-state index contributed by atoms with van der Waals surface area (Å²) in [7, 11) is 2.00. The third-order valence-electron chi connectivity index (χ3n) is 4.10. The Morgan fingerprint density at radius 3 is 2.29 bits per heavy atom. The zero-order valence-corrected chi connectivity index (χ0v) is 12.6. The topological polar surface area (TPSA) is 21.3 Å². The normalized spacial score (nSPS) is 15.9. The second kappa shape index (κ2) is 6.88. The van der Waals surface area contributed by atoms with Crippen LogP contribution in [0.4, 0.5) is 0 Å². The molecular formula is C19H23NO. The Balaban J connectivity index is 1.63. The summed E-state index contributed by atoms with van der Waals surface area (Å²) in [4.78, 5) is 0. The number of nitrogens with one attached hydrogen (secondary N) is 1. The quantitative estimate of drug-likeness (QED) is 0.827. The van der Waals surface area contributed by atoms with Crippen LogP contribution >= 0.6 is 0 Å². The molecule has 1 atom stereocenters. The summed E-state index contributed by atoms with van der Waals surface area (Å²) in [6.45, 7) is 1.66. The molecular weight excluding hydrogens is 258 g/mol. The molecule has 0 saturated heterocycles. The molecule has 0 aliphatic heterocycles. The van der Waals surface area contributed by atoms with Crippen LogP contribution in [-0.2, 0) is 4.74 Å². The molecule has 1 aliphatic carbocycles. The number of likely N-dealkylation sites (N-methyl/N-ethyl adjacent to an activating group) is 1. The van der Waals surface area contributed by atoms with Crippen LogP contribution in [0.25, 0.3) is 11.1 Å². The zero-order chi connectivity index (χ0) is 14.5. The van der Waals surface area contributed by atoms with Gasteiger partial charge in [0, 0.05) is 6.61 Å². The maximum absolute atomic E-state index is 5.82. The Morgan fingerprint density at radius 1 is 1.00 bits per heavy atom.